The van der Waals surface area contributed by atoms with Crippen LogP contribution in [0.15, 0.2) is 54.6 Å². The number of fused-ring (bicyclic) bond motifs is 3. The first-order chi connectivity index (χ1) is 9.73. The van der Waals surface area contributed by atoms with E-state index in [-0.39, 0.29) is 0 Å². The van der Waals surface area contributed by atoms with Gasteiger partial charge in [0.15, 0.2) is 0 Å². The summed E-state index contributed by atoms with van der Waals surface area (Å²) in [6, 6.07) is 14.8. The van der Waals surface area contributed by atoms with Gasteiger partial charge in [0.1, 0.15) is 5.75 Å². The van der Waals surface area contributed by atoms with Crippen LogP contribution in [-0.4, -0.2) is 6.61 Å². The van der Waals surface area contributed by atoms with Crippen molar-refractivity contribution < 1.29 is 4.74 Å². The largest absolute Gasteiger partial charge is 0.493 e. The summed E-state index contributed by atoms with van der Waals surface area (Å²) in [4.78, 5) is 0. The van der Waals surface area contributed by atoms with E-state index in [1.54, 1.807) is 0 Å². The van der Waals surface area contributed by atoms with Gasteiger partial charge >= 0.3 is 0 Å². The summed E-state index contributed by atoms with van der Waals surface area (Å²) in [6.45, 7) is 3.21. The van der Waals surface area contributed by atoms with Crippen molar-refractivity contribution >= 4 is 10.8 Å². The molecule has 0 N–H and O–H groups in total. The smallest absolute Gasteiger partial charge is 0.119 e. The van der Waals surface area contributed by atoms with Crippen LogP contribution in [0.3, 0.4) is 0 Å². The molecule has 2 aliphatic rings. The van der Waals surface area contributed by atoms with E-state index >= 15 is 0 Å². The second-order valence-electron chi connectivity index (χ2n) is 6.64. The normalized spacial score (nSPS) is 31.1. The molecule has 0 spiro atoms. The zero-order chi connectivity index (χ0) is 13.6. The summed E-state index contributed by atoms with van der Waals surface area (Å²) in [5.74, 6) is 2.51. The third kappa shape index (κ3) is 1.93. The lowest BCUT2D eigenvalue weighted by Crippen LogP contribution is -2.29. The monoisotopic (exact) mass is 264 g/mol. The first-order valence-corrected chi connectivity index (χ1v) is 7.53. The van der Waals surface area contributed by atoms with Gasteiger partial charge in [0, 0.05) is 5.41 Å². The van der Waals surface area contributed by atoms with Crippen molar-refractivity contribution in [3.05, 3.63) is 54.6 Å². The first-order valence-electron chi connectivity index (χ1n) is 7.53. The van der Waals surface area contributed by atoms with Crippen LogP contribution in [-0.2, 0) is 0 Å². The quantitative estimate of drug-likeness (QED) is 0.722. The Bertz CT molecular complexity index is 672. The molecule has 4 rings (SSSR count). The number of hydrogen-bond acceptors (Lipinski definition) is 1. The number of benzene rings is 2. The minimum absolute atomic E-state index is 0.324. The molecule has 1 saturated carbocycles. The van der Waals surface area contributed by atoms with Crippen molar-refractivity contribution in [2.75, 3.05) is 6.61 Å². The second kappa shape index (κ2) is 4.37. The fraction of sp³-hybridized carbons (Fsp3) is 0.368. The third-order valence-electron chi connectivity index (χ3n) is 5.09. The lowest BCUT2D eigenvalue weighted by atomic mass is 9.78. The molecule has 0 aliphatic heterocycles. The highest BCUT2D eigenvalue weighted by molar-refractivity contribution is 5.83. The van der Waals surface area contributed by atoms with Crippen LogP contribution >= 0.6 is 0 Å². The molecule has 3 unspecified atom stereocenters. The molecule has 2 aromatic carbocycles. The number of allylic oxidation sites excluding steroid dienone is 2. The predicted octanol–water partition coefficient (Wildman–Crippen LogP) is 4.82. The summed E-state index contributed by atoms with van der Waals surface area (Å²) < 4.78 is 6.12. The summed E-state index contributed by atoms with van der Waals surface area (Å²) in [5, 5.41) is 2.52. The van der Waals surface area contributed by atoms with Gasteiger partial charge in [-0.15, -0.1) is 0 Å². The Balaban J connectivity index is 1.52. The van der Waals surface area contributed by atoms with Crippen molar-refractivity contribution in [2.45, 2.75) is 19.8 Å². The number of hydrogen-bond donors (Lipinski definition) is 0. The van der Waals surface area contributed by atoms with Gasteiger partial charge in [-0.1, -0.05) is 49.4 Å². The molecule has 0 saturated heterocycles. The van der Waals surface area contributed by atoms with Crippen LogP contribution in [0.25, 0.3) is 10.8 Å². The highest BCUT2D eigenvalue weighted by Crippen LogP contribution is 2.51. The maximum absolute atomic E-state index is 6.12. The molecule has 0 aromatic heterocycles. The van der Waals surface area contributed by atoms with Gasteiger partial charge in [-0.2, -0.15) is 0 Å². The van der Waals surface area contributed by atoms with Crippen molar-refractivity contribution in [3.8, 4) is 5.75 Å². The molecular weight excluding hydrogens is 244 g/mol. The molecule has 0 radical (unpaired) electrons. The number of ether oxygens (including phenoxy) is 1. The van der Waals surface area contributed by atoms with Crippen LogP contribution in [0.5, 0.6) is 5.75 Å². The van der Waals surface area contributed by atoms with Gasteiger partial charge in [0.25, 0.3) is 0 Å². The summed E-state index contributed by atoms with van der Waals surface area (Å²) in [6.07, 6.45) is 7.40. The second-order valence-corrected chi connectivity index (χ2v) is 6.64. The zero-order valence-electron chi connectivity index (χ0n) is 11.9. The van der Waals surface area contributed by atoms with Gasteiger partial charge in [-0.3, -0.25) is 0 Å². The SMILES string of the molecule is CC1(COc2ccc3ccccc3c2)CC2C=CC1C2. The van der Waals surface area contributed by atoms with E-state index < -0.39 is 0 Å². The summed E-state index contributed by atoms with van der Waals surface area (Å²) in [7, 11) is 0. The average molecular weight is 264 g/mol. The predicted molar refractivity (Wildman–Crippen MR) is 82.9 cm³/mol. The highest BCUT2D eigenvalue weighted by atomic mass is 16.5. The minimum Gasteiger partial charge on any atom is -0.493 e. The molecule has 102 valence electrons. The van der Waals surface area contributed by atoms with Gasteiger partial charge in [-0.05, 0) is 47.6 Å². The van der Waals surface area contributed by atoms with E-state index in [1.807, 2.05) is 0 Å². The van der Waals surface area contributed by atoms with Gasteiger partial charge in [0.05, 0.1) is 6.61 Å². The Hall–Kier alpha value is -1.76. The van der Waals surface area contributed by atoms with E-state index in [4.69, 9.17) is 4.74 Å². The first kappa shape index (κ1) is 12.0. The Morgan fingerprint density at radius 2 is 1.95 bits per heavy atom. The summed E-state index contributed by atoms with van der Waals surface area (Å²) >= 11 is 0. The van der Waals surface area contributed by atoms with Crippen LogP contribution in [0.2, 0.25) is 0 Å². The molecule has 1 fully saturated rings. The average Bonchev–Trinajstić information content (AvgIpc) is 3.05. The molecule has 1 nitrogen and oxygen atoms in total. The van der Waals surface area contributed by atoms with E-state index in [9.17, 15) is 0 Å². The van der Waals surface area contributed by atoms with E-state index in [2.05, 4.69) is 61.5 Å². The minimum atomic E-state index is 0.324. The fourth-order valence-electron chi connectivity index (χ4n) is 3.86. The molecule has 3 atom stereocenters. The van der Waals surface area contributed by atoms with Crippen LogP contribution in [0, 0.1) is 17.3 Å². The molecule has 0 amide bonds. The van der Waals surface area contributed by atoms with Gasteiger partial charge in [0.2, 0.25) is 0 Å². The molecule has 2 bridgehead atoms. The molecule has 1 heteroatoms. The number of rotatable bonds is 3. The summed E-state index contributed by atoms with van der Waals surface area (Å²) in [5.41, 5.74) is 0.324. The Morgan fingerprint density at radius 1 is 1.10 bits per heavy atom. The zero-order valence-corrected chi connectivity index (χ0v) is 11.9. The lowest BCUT2D eigenvalue weighted by molar-refractivity contribution is 0.134. The van der Waals surface area contributed by atoms with E-state index in [0.29, 0.717) is 11.3 Å². The topological polar surface area (TPSA) is 9.23 Å². The van der Waals surface area contributed by atoms with Crippen LogP contribution in [0.4, 0.5) is 0 Å². The van der Waals surface area contributed by atoms with E-state index in [0.717, 1.165) is 18.3 Å². The van der Waals surface area contributed by atoms with Gasteiger partial charge in [-0.25, -0.2) is 0 Å². The highest BCUT2D eigenvalue weighted by Gasteiger charge is 2.45. The third-order valence-corrected chi connectivity index (χ3v) is 5.09. The molecule has 0 heterocycles. The molecule has 2 aromatic rings. The maximum Gasteiger partial charge on any atom is 0.119 e. The Kier molecular flexibility index (Phi) is 2.63. The standard InChI is InChI=1S/C19H20O/c1-19(12-14-6-8-17(19)10-14)13-20-18-9-7-15-4-2-3-5-16(15)11-18/h2-9,11,14,17H,10,12-13H2,1H3. The Morgan fingerprint density at radius 3 is 2.70 bits per heavy atom. The molecule has 2 aliphatic carbocycles. The Labute approximate surface area is 120 Å². The lowest BCUT2D eigenvalue weighted by Gasteiger charge is -2.31. The van der Waals surface area contributed by atoms with Gasteiger partial charge < -0.3 is 4.74 Å². The molecule has 20 heavy (non-hydrogen) atoms. The fourth-order valence-corrected chi connectivity index (χ4v) is 3.86. The van der Waals surface area contributed by atoms with Crippen molar-refractivity contribution in [1.29, 1.82) is 0 Å². The van der Waals surface area contributed by atoms with Crippen molar-refractivity contribution in [3.63, 3.8) is 0 Å². The molecular formula is C19H20O. The van der Waals surface area contributed by atoms with Crippen LogP contribution < -0.4 is 4.74 Å². The van der Waals surface area contributed by atoms with Crippen molar-refractivity contribution in [1.82, 2.24) is 0 Å². The van der Waals surface area contributed by atoms with Crippen LogP contribution in [0.1, 0.15) is 19.8 Å². The van der Waals surface area contributed by atoms with E-state index in [1.165, 1.54) is 23.6 Å². The van der Waals surface area contributed by atoms with Crippen molar-refractivity contribution in [2.24, 2.45) is 17.3 Å². The maximum atomic E-state index is 6.12.